The summed E-state index contributed by atoms with van der Waals surface area (Å²) in [6.45, 7) is 5.51. The molecule has 1 fully saturated rings. The van der Waals surface area contributed by atoms with Crippen LogP contribution in [0.4, 0.5) is 4.39 Å². The van der Waals surface area contributed by atoms with Crippen LogP contribution in [0, 0.1) is 5.82 Å². The van der Waals surface area contributed by atoms with Gasteiger partial charge >= 0.3 is 0 Å². The number of thioether (sulfide) groups is 1. The SMILES string of the molecule is CC(NC(=O)CSc1nnc(CN2CCCCC2)n1Cc1ccccc1)c1ccc(F)cc1. The molecule has 2 heterocycles. The van der Waals surface area contributed by atoms with Gasteiger partial charge in [-0.05, 0) is 56.1 Å². The lowest BCUT2D eigenvalue weighted by Gasteiger charge is -2.26. The summed E-state index contributed by atoms with van der Waals surface area (Å²) in [4.78, 5) is 15.0. The topological polar surface area (TPSA) is 63.1 Å². The molecule has 1 aromatic heterocycles. The van der Waals surface area contributed by atoms with Crippen LogP contribution >= 0.6 is 11.8 Å². The van der Waals surface area contributed by atoms with E-state index in [-0.39, 0.29) is 23.5 Å². The standard InChI is InChI=1S/C25H30FN5OS/c1-19(21-10-12-22(26)13-11-21)27-24(32)18-33-25-29-28-23(17-30-14-6-3-7-15-30)31(25)16-20-8-4-2-5-9-20/h2,4-5,8-13,19H,3,6-7,14-18H2,1H3,(H,27,32). The van der Waals surface area contributed by atoms with E-state index in [1.54, 1.807) is 12.1 Å². The van der Waals surface area contributed by atoms with Gasteiger partial charge in [-0.15, -0.1) is 10.2 Å². The Labute approximate surface area is 198 Å². The Balaban J connectivity index is 1.42. The van der Waals surface area contributed by atoms with Crippen molar-refractivity contribution in [3.05, 3.63) is 77.4 Å². The fraction of sp³-hybridized carbons (Fsp3) is 0.400. The second kappa shape index (κ2) is 11.4. The van der Waals surface area contributed by atoms with Gasteiger partial charge in [0.2, 0.25) is 5.91 Å². The maximum absolute atomic E-state index is 13.2. The van der Waals surface area contributed by atoms with Crippen LogP contribution in [-0.4, -0.2) is 44.4 Å². The number of nitrogens with zero attached hydrogens (tertiary/aromatic N) is 4. The Morgan fingerprint density at radius 2 is 1.76 bits per heavy atom. The van der Waals surface area contributed by atoms with Crippen molar-refractivity contribution >= 4 is 17.7 Å². The number of piperidine rings is 1. The Bertz CT molecular complexity index is 1030. The lowest BCUT2D eigenvalue weighted by atomic mass is 10.1. The molecule has 1 amide bonds. The average Bonchev–Trinajstić information content (AvgIpc) is 3.20. The van der Waals surface area contributed by atoms with Gasteiger partial charge in [-0.2, -0.15) is 0 Å². The molecule has 1 aliphatic rings. The second-order valence-corrected chi connectivity index (χ2v) is 9.38. The monoisotopic (exact) mass is 467 g/mol. The van der Waals surface area contributed by atoms with Gasteiger partial charge in [-0.3, -0.25) is 9.69 Å². The minimum absolute atomic E-state index is 0.0938. The number of rotatable bonds is 9. The minimum atomic E-state index is -0.286. The van der Waals surface area contributed by atoms with E-state index >= 15 is 0 Å². The van der Waals surface area contributed by atoms with Gasteiger partial charge in [0.1, 0.15) is 11.6 Å². The van der Waals surface area contributed by atoms with Crippen molar-refractivity contribution in [1.29, 1.82) is 0 Å². The molecular formula is C25H30FN5OS. The van der Waals surface area contributed by atoms with Gasteiger partial charge in [0.25, 0.3) is 0 Å². The summed E-state index contributed by atoms with van der Waals surface area (Å²) in [5.41, 5.74) is 2.04. The molecule has 8 heteroatoms. The highest BCUT2D eigenvalue weighted by atomic mass is 32.2. The van der Waals surface area contributed by atoms with Crippen LogP contribution in [0.25, 0.3) is 0 Å². The number of nitrogens with one attached hydrogen (secondary N) is 1. The van der Waals surface area contributed by atoms with Crippen LogP contribution in [0.3, 0.4) is 0 Å². The first-order valence-corrected chi connectivity index (χ1v) is 12.4. The van der Waals surface area contributed by atoms with Crippen molar-refractivity contribution in [3.8, 4) is 0 Å². The summed E-state index contributed by atoms with van der Waals surface area (Å²) in [5.74, 6) is 0.792. The summed E-state index contributed by atoms with van der Waals surface area (Å²) >= 11 is 1.40. The molecule has 1 N–H and O–H groups in total. The van der Waals surface area contributed by atoms with Crippen LogP contribution in [0.2, 0.25) is 0 Å². The molecular weight excluding hydrogens is 437 g/mol. The molecule has 0 aliphatic carbocycles. The Morgan fingerprint density at radius 3 is 2.48 bits per heavy atom. The quantitative estimate of drug-likeness (QED) is 0.472. The fourth-order valence-corrected chi connectivity index (χ4v) is 4.80. The van der Waals surface area contributed by atoms with Gasteiger partial charge in [-0.25, -0.2) is 4.39 Å². The molecule has 0 radical (unpaired) electrons. The molecule has 2 aromatic carbocycles. The zero-order valence-electron chi connectivity index (χ0n) is 18.9. The van der Waals surface area contributed by atoms with Gasteiger partial charge in [0.15, 0.2) is 5.16 Å². The molecule has 3 aromatic rings. The maximum atomic E-state index is 13.2. The van der Waals surface area contributed by atoms with E-state index in [2.05, 4.69) is 37.1 Å². The first-order chi connectivity index (χ1) is 16.1. The molecule has 4 rings (SSSR count). The average molecular weight is 468 g/mol. The zero-order chi connectivity index (χ0) is 23.0. The number of hydrogen-bond donors (Lipinski definition) is 1. The lowest BCUT2D eigenvalue weighted by molar-refractivity contribution is -0.119. The normalized spacial score (nSPS) is 15.3. The van der Waals surface area contributed by atoms with Gasteiger partial charge in [0.05, 0.1) is 24.9 Å². The molecule has 0 saturated carbocycles. The van der Waals surface area contributed by atoms with E-state index in [1.165, 1.54) is 48.7 Å². The zero-order valence-corrected chi connectivity index (χ0v) is 19.7. The predicted octanol–water partition coefficient (Wildman–Crippen LogP) is 4.42. The molecule has 0 bridgehead atoms. The van der Waals surface area contributed by atoms with E-state index in [4.69, 9.17) is 0 Å². The molecule has 6 nitrogen and oxygen atoms in total. The van der Waals surface area contributed by atoms with Gasteiger partial charge in [0, 0.05) is 0 Å². The third-order valence-corrected chi connectivity index (χ3v) is 6.84. The number of halogens is 1. The number of carbonyl (C=O) groups excluding carboxylic acids is 1. The van der Waals surface area contributed by atoms with Crippen LogP contribution in [-0.2, 0) is 17.9 Å². The predicted molar refractivity (Wildman–Crippen MR) is 128 cm³/mol. The minimum Gasteiger partial charge on any atom is -0.349 e. The van der Waals surface area contributed by atoms with E-state index < -0.39 is 0 Å². The first kappa shape index (κ1) is 23.4. The number of carbonyl (C=O) groups is 1. The van der Waals surface area contributed by atoms with Gasteiger partial charge in [-0.1, -0.05) is 60.6 Å². The number of aromatic nitrogens is 3. The van der Waals surface area contributed by atoms with Crippen molar-refractivity contribution in [3.63, 3.8) is 0 Å². The van der Waals surface area contributed by atoms with Crippen LogP contribution < -0.4 is 5.32 Å². The molecule has 1 saturated heterocycles. The summed E-state index contributed by atoms with van der Waals surface area (Å²) < 4.78 is 15.3. The largest absolute Gasteiger partial charge is 0.349 e. The third-order valence-electron chi connectivity index (χ3n) is 5.87. The number of amides is 1. The highest BCUT2D eigenvalue weighted by Gasteiger charge is 2.19. The molecule has 0 spiro atoms. The van der Waals surface area contributed by atoms with E-state index in [1.807, 2.05) is 25.1 Å². The van der Waals surface area contributed by atoms with Crippen LogP contribution in [0.5, 0.6) is 0 Å². The summed E-state index contributed by atoms with van der Waals surface area (Å²) in [6, 6.07) is 16.2. The molecule has 1 aliphatic heterocycles. The Morgan fingerprint density at radius 1 is 1.03 bits per heavy atom. The van der Waals surface area contributed by atoms with Crippen molar-refractivity contribution in [2.24, 2.45) is 0 Å². The maximum Gasteiger partial charge on any atom is 0.230 e. The summed E-state index contributed by atoms with van der Waals surface area (Å²) in [7, 11) is 0. The summed E-state index contributed by atoms with van der Waals surface area (Å²) in [6.07, 6.45) is 3.74. The highest BCUT2D eigenvalue weighted by molar-refractivity contribution is 7.99. The van der Waals surface area contributed by atoms with E-state index in [9.17, 15) is 9.18 Å². The smallest absolute Gasteiger partial charge is 0.230 e. The summed E-state index contributed by atoms with van der Waals surface area (Å²) in [5, 5.41) is 12.6. The van der Waals surface area contributed by atoms with Gasteiger partial charge < -0.3 is 9.88 Å². The fourth-order valence-electron chi connectivity index (χ4n) is 4.03. The lowest BCUT2D eigenvalue weighted by Crippen LogP contribution is -2.30. The molecule has 1 atom stereocenters. The van der Waals surface area contributed by atoms with Crippen LogP contribution in [0.15, 0.2) is 59.8 Å². The van der Waals surface area contributed by atoms with Crippen molar-refractivity contribution in [1.82, 2.24) is 25.0 Å². The number of hydrogen-bond acceptors (Lipinski definition) is 5. The molecule has 1 unspecified atom stereocenters. The Hall–Kier alpha value is -2.71. The second-order valence-electron chi connectivity index (χ2n) is 8.44. The van der Waals surface area contributed by atoms with Crippen molar-refractivity contribution in [2.75, 3.05) is 18.8 Å². The van der Waals surface area contributed by atoms with E-state index in [0.717, 1.165) is 36.2 Å². The van der Waals surface area contributed by atoms with Crippen molar-refractivity contribution in [2.45, 2.75) is 50.5 Å². The number of likely N-dealkylation sites (tertiary alicyclic amines) is 1. The Kier molecular flexibility index (Phi) is 8.12. The highest BCUT2D eigenvalue weighted by Crippen LogP contribution is 2.21. The third kappa shape index (κ3) is 6.65. The molecule has 33 heavy (non-hydrogen) atoms. The van der Waals surface area contributed by atoms with Crippen molar-refractivity contribution < 1.29 is 9.18 Å². The molecule has 174 valence electrons. The van der Waals surface area contributed by atoms with E-state index in [0.29, 0.717) is 6.54 Å². The first-order valence-electron chi connectivity index (χ1n) is 11.4. The van der Waals surface area contributed by atoms with Crippen LogP contribution in [0.1, 0.15) is 49.2 Å². The number of benzene rings is 2.